The number of ketones is 1. The quantitative estimate of drug-likeness (QED) is 0.438. The Bertz CT molecular complexity index is 352. The fourth-order valence-corrected chi connectivity index (χ4v) is 2.38. The molecule has 0 saturated heterocycles. The second-order valence-electron chi connectivity index (χ2n) is 2.67. The summed E-state index contributed by atoms with van der Waals surface area (Å²) in [6.07, 6.45) is 0. The van der Waals surface area contributed by atoms with Crippen molar-refractivity contribution in [3.63, 3.8) is 0 Å². The molecule has 13 heavy (non-hydrogen) atoms. The summed E-state index contributed by atoms with van der Waals surface area (Å²) in [6, 6.07) is 3.85. The molecule has 0 aromatic heterocycles. The molecule has 0 spiro atoms. The van der Waals surface area contributed by atoms with Crippen molar-refractivity contribution in [2.24, 2.45) is 0 Å². The molecule has 0 bridgehead atoms. The lowest BCUT2D eigenvalue weighted by molar-refractivity contribution is 0.102. The van der Waals surface area contributed by atoms with Crippen LogP contribution in [-0.4, -0.2) is 11.7 Å². The molecule has 0 aliphatic heterocycles. The van der Waals surface area contributed by atoms with Crippen LogP contribution in [0.15, 0.2) is 16.6 Å². The molecule has 1 rings (SSSR count). The van der Waals surface area contributed by atoms with E-state index >= 15 is 0 Å². The van der Waals surface area contributed by atoms with Crippen molar-refractivity contribution in [3.05, 3.63) is 31.3 Å². The topological polar surface area (TPSA) is 17.1 Å². The van der Waals surface area contributed by atoms with E-state index in [1.807, 2.05) is 19.1 Å². The molecule has 0 atom stereocenters. The standard InChI is InChI=1S/C9H7BrClIO/c1-5-2-6(8(13)4-11)9(10)7(12)3-5/h2-3H,4H2,1H3. The summed E-state index contributed by atoms with van der Waals surface area (Å²) in [5.74, 6) is -0.0202. The Kier molecular flexibility index (Phi) is 4.19. The lowest BCUT2D eigenvalue weighted by Crippen LogP contribution is -2.03. The zero-order valence-corrected chi connectivity index (χ0v) is 11.4. The van der Waals surface area contributed by atoms with Crippen molar-refractivity contribution in [2.45, 2.75) is 6.92 Å². The van der Waals surface area contributed by atoms with Gasteiger partial charge in [-0.1, -0.05) is 0 Å². The number of Topliss-reactive ketones (excluding diaryl/α,β-unsaturated/α-hetero) is 1. The summed E-state index contributed by atoms with van der Waals surface area (Å²) in [5, 5.41) is 0. The Hall–Kier alpha value is 0.390. The predicted octanol–water partition coefficient (Wildman–Crippen LogP) is 3.78. The van der Waals surface area contributed by atoms with Gasteiger partial charge in [0.15, 0.2) is 5.78 Å². The van der Waals surface area contributed by atoms with E-state index in [0.717, 1.165) is 13.6 Å². The highest BCUT2D eigenvalue weighted by Crippen LogP contribution is 2.25. The summed E-state index contributed by atoms with van der Waals surface area (Å²) in [5.41, 5.74) is 1.74. The molecule has 1 aromatic rings. The molecule has 70 valence electrons. The molecule has 0 N–H and O–H groups in total. The second kappa shape index (κ2) is 4.75. The highest BCUT2D eigenvalue weighted by molar-refractivity contribution is 14.1. The molecule has 0 fully saturated rings. The summed E-state index contributed by atoms with van der Waals surface area (Å²) in [4.78, 5) is 11.4. The van der Waals surface area contributed by atoms with Gasteiger partial charge in [0.25, 0.3) is 0 Å². The van der Waals surface area contributed by atoms with Gasteiger partial charge in [-0.05, 0) is 63.1 Å². The summed E-state index contributed by atoms with van der Waals surface area (Å²) in [6.45, 7) is 1.96. The maximum atomic E-state index is 11.4. The third-order valence-electron chi connectivity index (χ3n) is 1.59. The first-order valence-electron chi connectivity index (χ1n) is 3.61. The van der Waals surface area contributed by atoms with Gasteiger partial charge in [-0.2, -0.15) is 0 Å². The van der Waals surface area contributed by atoms with Crippen LogP contribution >= 0.6 is 50.1 Å². The first kappa shape index (κ1) is 11.5. The molecular weight excluding hydrogens is 366 g/mol. The number of hydrogen-bond donors (Lipinski definition) is 0. The summed E-state index contributed by atoms with van der Waals surface area (Å²) in [7, 11) is 0. The summed E-state index contributed by atoms with van der Waals surface area (Å²) >= 11 is 11.0. The number of halogens is 3. The lowest BCUT2D eigenvalue weighted by Gasteiger charge is -2.05. The normalized spacial score (nSPS) is 10.2. The van der Waals surface area contributed by atoms with Crippen molar-refractivity contribution in [3.8, 4) is 0 Å². The van der Waals surface area contributed by atoms with Gasteiger partial charge >= 0.3 is 0 Å². The molecule has 1 nitrogen and oxygen atoms in total. The smallest absolute Gasteiger partial charge is 0.178 e. The maximum absolute atomic E-state index is 11.4. The summed E-state index contributed by atoms with van der Waals surface area (Å²) < 4.78 is 1.87. The molecule has 0 aliphatic rings. The van der Waals surface area contributed by atoms with E-state index < -0.39 is 0 Å². The van der Waals surface area contributed by atoms with Gasteiger partial charge in [0.2, 0.25) is 0 Å². The van der Waals surface area contributed by atoms with Gasteiger partial charge in [-0.3, -0.25) is 4.79 Å². The zero-order chi connectivity index (χ0) is 10.0. The molecule has 0 heterocycles. The van der Waals surface area contributed by atoms with Crippen LogP contribution in [0.2, 0.25) is 0 Å². The molecule has 0 aliphatic carbocycles. The minimum Gasteiger partial charge on any atom is -0.293 e. The number of carbonyl (C=O) groups excluding carboxylic acids is 1. The molecule has 1 aromatic carbocycles. The highest BCUT2D eigenvalue weighted by Gasteiger charge is 2.11. The van der Waals surface area contributed by atoms with E-state index in [-0.39, 0.29) is 11.7 Å². The Morgan fingerprint density at radius 3 is 2.77 bits per heavy atom. The lowest BCUT2D eigenvalue weighted by atomic mass is 10.1. The Morgan fingerprint density at radius 2 is 2.23 bits per heavy atom. The predicted molar refractivity (Wildman–Crippen MR) is 66.6 cm³/mol. The molecule has 4 heteroatoms. The van der Waals surface area contributed by atoms with Crippen LogP contribution < -0.4 is 0 Å². The van der Waals surface area contributed by atoms with Gasteiger partial charge in [0.05, 0.1) is 5.88 Å². The molecule has 0 radical (unpaired) electrons. The fourth-order valence-electron chi connectivity index (χ4n) is 0.999. The van der Waals surface area contributed by atoms with Crippen molar-refractivity contribution >= 4 is 55.9 Å². The first-order chi connectivity index (χ1) is 6.06. The average Bonchev–Trinajstić information content (AvgIpc) is 2.10. The SMILES string of the molecule is Cc1cc(I)c(Br)c(C(=O)CCl)c1. The number of alkyl halides is 1. The van der Waals surface area contributed by atoms with Crippen molar-refractivity contribution in [1.82, 2.24) is 0 Å². The highest BCUT2D eigenvalue weighted by atomic mass is 127. The van der Waals surface area contributed by atoms with Gasteiger partial charge in [-0.15, -0.1) is 11.6 Å². The Morgan fingerprint density at radius 1 is 1.62 bits per heavy atom. The van der Waals surface area contributed by atoms with Crippen molar-refractivity contribution < 1.29 is 4.79 Å². The van der Waals surface area contributed by atoms with E-state index in [1.54, 1.807) is 0 Å². The van der Waals surface area contributed by atoms with Gasteiger partial charge in [-0.25, -0.2) is 0 Å². The van der Waals surface area contributed by atoms with Crippen LogP contribution in [-0.2, 0) is 0 Å². The zero-order valence-electron chi connectivity index (χ0n) is 6.90. The molecular formula is C9H7BrClIO. The number of aryl methyl sites for hydroxylation is 1. The van der Waals surface area contributed by atoms with Gasteiger partial charge in [0.1, 0.15) is 0 Å². The average molecular weight is 373 g/mol. The molecule has 0 amide bonds. The van der Waals surface area contributed by atoms with Crippen LogP contribution in [0.1, 0.15) is 15.9 Å². The van der Waals surface area contributed by atoms with E-state index in [2.05, 4.69) is 38.5 Å². The number of benzene rings is 1. The van der Waals surface area contributed by atoms with Crippen LogP contribution in [0.5, 0.6) is 0 Å². The largest absolute Gasteiger partial charge is 0.293 e. The maximum Gasteiger partial charge on any atom is 0.178 e. The fraction of sp³-hybridized carbons (Fsp3) is 0.222. The van der Waals surface area contributed by atoms with Crippen LogP contribution in [0.4, 0.5) is 0 Å². The van der Waals surface area contributed by atoms with Crippen molar-refractivity contribution in [2.75, 3.05) is 5.88 Å². The first-order valence-corrected chi connectivity index (χ1v) is 6.01. The molecule has 0 unspecified atom stereocenters. The third kappa shape index (κ3) is 2.67. The van der Waals surface area contributed by atoms with Crippen LogP contribution in [0.3, 0.4) is 0 Å². The second-order valence-corrected chi connectivity index (χ2v) is 4.89. The number of carbonyl (C=O) groups is 1. The van der Waals surface area contributed by atoms with E-state index in [1.165, 1.54) is 0 Å². The number of rotatable bonds is 2. The van der Waals surface area contributed by atoms with Gasteiger partial charge < -0.3 is 0 Å². The van der Waals surface area contributed by atoms with E-state index in [0.29, 0.717) is 5.56 Å². The minimum atomic E-state index is -0.0462. The monoisotopic (exact) mass is 372 g/mol. The van der Waals surface area contributed by atoms with Crippen LogP contribution in [0, 0.1) is 10.5 Å². The van der Waals surface area contributed by atoms with E-state index in [9.17, 15) is 4.79 Å². The minimum absolute atomic E-state index is 0.0259. The van der Waals surface area contributed by atoms with E-state index in [4.69, 9.17) is 11.6 Å². The van der Waals surface area contributed by atoms with Crippen LogP contribution in [0.25, 0.3) is 0 Å². The molecule has 0 saturated carbocycles. The Labute approximate surface area is 104 Å². The van der Waals surface area contributed by atoms with Crippen molar-refractivity contribution in [1.29, 1.82) is 0 Å². The van der Waals surface area contributed by atoms with Gasteiger partial charge in [0, 0.05) is 13.6 Å². The number of hydrogen-bond acceptors (Lipinski definition) is 1. The third-order valence-corrected chi connectivity index (χ3v) is 4.28. The Balaban J connectivity index is 3.28.